The van der Waals surface area contributed by atoms with Crippen molar-refractivity contribution < 1.29 is 14.5 Å². The third kappa shape index (κ3) is 5.87. The van der Waals surface area contributed by atoms with E-state index in [4.69, 9.17) is 0 Å². The van der Waals surface area contributed by atoms with Gasteiger partial charge in [0.25, 0.3) is 5.91 Å². The summed E-state index contributed by atoms with van der Waals surface area (Å²) in [6.07, 6.45) is 0. The molecule has 0 aliphatic carbocycles. The molecule has 2 N–H and O–H groups in total. The normalized spacial score (nSPS) is 12.5. The second-order valence-electron chi connectivity index (χ2n) is 8.30. The van der Waals surface area contributed by atoms with Crippen LogP contribution in [0.4, 0.5) is 10.8 Å². The molecule has 2 rings (SSSR count). The van der Waals surface area contributed by atoms with Gasteiger partial charge in [-0.25, -0.2) is 4.98 Å². The average molecular weight is 404 g/mol. The third-order valence-electron chi connectivity index (χ3n) is 4.32. The van der Waals surface area contributed by atoms with Gasteiger partial charge in [0.15, 0.2) is 11.7 Å². The van der Waals surface area contributed by atoms with Gasteiger partial charge >= 0.3 is 0 Å². The highest BCUT2D eigenvalue weighted by atomic mass is 32.1. The predicted molar refractivity (Wildman–Crippen MR) is 114 cm³/mol. The van der Waals surface area contributed by atoms with Crippen molar-refractivity contribution in [2.75, 3.05) is 18.5 Å². The van der Waals surface area contributed by atoms with Crippen LogP contribution in [0.25, 0.3) is 0 Å². The summed E-state index contributed by atoms with van der Waals surface area (Å²) in [7, 11) is 1.97. The van der Waals surface area contributed by atoms with E-state index in [1.54, 1.807) is 11.8 Å². The largest absolute Gasteiger partial charge is 0.347 e. The van der Waals surface area contributed by atoms with E-state index in [-0.39, 0.29) is 17.4 Å². The van der Waals surface area contributed by atoms with Gasteiger partial charge < -0.3 is 10.2 Å². The van der Waals surface area contributed by atoms with Gasteiger partial charge in [0.2, 0.25) is 5.91 Å². The molecule has 1 atom stereocenters. The Morgan fingerprint density at radius 1 is 1.25 bits per heavy atom. The van der Waals surface area contributed by atoms with Crippen molar-refractivity contribution in [2.45, 2.75) is 53.6 Å². The highest BCUT2D eigenvalue weighted by Gasteiger charge is 2.22. The van der Waals surface area contributed by atoms with Crippen LogP contribution in [-0.2, 0) is 16.1 Å². The van der Waals surface area contributed by atoms with Gasteiger partial charge in [-0.2, -0.15) is 0 Å². The highest BCUT2D eigenvalue weighted by Crippen LogP contribution is 2.32. The molecule has 28 heavy (non-hydrogen) atoms. The number of hydrogen-bond donors (Lipinski definition) is 2. The fraction of sp³-hybridized carbons (Fsp3) is 0.476. The first-order valence-electron chi connectivity index (χ1n) is 9.41. The Morgan fingerprint density at radius 2 is 1.93 bits per heavy atom. The summed E-state index contributed by atoms with van der Waals surface area (Å²) < 4.78 is 0. The Bertz CT molecular complexity index is 854. The van der Waals surface area contributed by atoms with Crippen molar-refractivity contribution in [3.05, 3.63) is 40.4 Å². The zero-order valence-corrected chi connectivity index (χ0v) is 18.7. The minimum absolute atomic E-state index is 0.0150. The van der Waals surface area contributed by atoms with Crippen molar-refractivity contribution in [1.29, 1.82) is 0 Å². The van der Waals surface area contributed by atoms with Crippen molar-refractivity contribution >= 4 is 34.0 Å². The van der Waals surface area contributed by atoms with E-state index in [1.165, 1.54) is 11.3 Å². The maximum atomic E-state index is 12.4. The SMILES string of the molecule is CC(=O)N(c1nc(C[NH+](C)CC(=O)NC(C)(C)C)cs1)c1cccc(C)c1C. The lowest BCUT2D eigenvalue weighted by Crippen LogP contribution is -3.09. The molecule has 2 aromatic rings. The van der Waals surface area contributed by atoms with Gasteiger partial charge in [0, 0.05) is 17.8 Å². The van der Waals surface area contributed by atoms with Crippen LogP contribution in [0.3, 0.4) is 0 Å². The summed E-state index contributed by atoms with van der Waals surface area (Å²) in [5, 5.41) is 5.59. The number of likely N-dealkylation sites (N-methyl/N-ethyl adjacent to an activating group) is 1. The molecule has 6 nitrogen and oxygen atoms in total. The lowest BCUT2D eigenvalue weighted by molar-refractivity contribution is -0.885. The number of hydrogen-bond acceptors (Lipinski definition) is 4. The topological polar surface area (TPSA) is 66.7 Å². The molecule has 0 aliphatic rings. The number of amides is 2. The molecule has 0 radical (unpaired) electrons. The smallest absolute Gasteiger partial charge is 0.275 e. The van der Waals surface area contributed by atoms with Crippen molar-refractivity contribution in [3.8, 4) is 0 Å². The highest BCUT2D eigenvalue weighted by molar-refractivity contribution is 7.14. The van der Waals surface area contributed by atoms with Gasteiger partial charge in [0.05, 0.1) is 12.7 Å². The molecule has 1 heterocycles. The molecule has 0 saturated carbocycles. The second-order valence-corrected chi connectivity index (χ2v) is 9.14. The van der Waals surface area contributed by atoms with Crippen molar-refractivity contribution in [1.82, 2.24) is 10.3 Å². The van der Waals surface area contributed by atoms with Crippen LogP contribution >= 0.6 is 11.3 Å². The Kier molecular flexibility index (Phi) is 6.96. The quantitative estimate of drug-likeness (QED) is 0.778. The summed E-state index contributed by atoms with van der Waals surface area (Å²) in [6, 6.07) is 5.93. The summed E-state index contributed by atoms with van der Waals surface area (Å²) in [6.45, 7) is 12.5. The number of aryl methyl sites for hydroxylation is 1. The van der Waals surface area contributed by atoms with Crippen molar-refractivity contribution in [2.24, 2.45) is 0 Å². The maximum absolute atomic E-state index is 12.4. The van der Waals surface area contributed by atoms with Crippen LogP contribution in [0.15, 0.2) is 23.6 Å². The summed E-state index contributed by atoms with van der Waals surface area (Å²) in [4.78, 5) is 31.8. The van der Waals surface area contributed by atoms with Gasteiger partial charge in [-0.3, -0.25) is 14.5 Å². The Labute approximate surface area is 171 Å². The van der Waals surface area contributed by atoms with Gasteiger partial charge in [-0.05, 0) is 51.8 Å². The Hall–Kier alpha value is -2.25. The van der Waals surface area contributed by atoms with Crippen LogP contribution in [0.1, 0.15) is 44.5 Å². The summed E-state index contributed by atoms with van der Waals surface area (Å²) >= 11 is 1.45. The fourth-order valence-corrected chi connectivity index (χ4v) is 3.85. The lowest BCUT2D eigenvalue weighted by Gasteiger charge is -2.22. The summed E-state index contributed by atoms with van der Waals surface area (Å²) in [5.41, 5.74) is 3.70. The number of aromatic nitrogens is 1. The molecule has 0 spiro atoms. The van der Waals surface area contributed by atoms with E-state index >= 15 is 0 Å². The van der Waals surface area contributed by atoms with E-state index < -0.39 is 0 Å². The molecule has 1 aromatic heterocycles. The molecule has 0 aliphatic heterocycles. The van der Waals surface area contributed by atoms with Crippen LogP contribution < -0.4 is 15.1 Å². The molecular formula is C21H31N4O2S+. The number of carbonyl (C=O) groups excluding carboxylic acids is 2. The third-order valence-corrected chi connectivity index (χ3v) is 5.20. The number of anilines is 2. The molecule has 1 aromatic carbocycles. The molecule has 7 heteroatoms. The van der Waals surface area contributed by atoms with Gasteiger partial charge in [-0.1, -0.05) is 12.1 Å². The molecule has 152 valence electrons. The number of thiazole rings is 1. The van der Waals surface area contributed by atoms with Gasteiger partial charge in [0.1, 0.15) is 12.2 Å². The van der Waals surface area contributed by atoms with Crippen LogP contribution in [0, 0.1) is 13.8 Å². The predicted octanol–water partition coefficient (Wildman–Crippen LogP) is 2.37. The van der Waals surface area contributed by atoms with Gasteiger partial charge in [-0.15, -0.1) is 11.3 Å². The Morgan fingerprint density at radius 3 is 2.54 bits per heavy atom. The monoisotopic (exact) mass is 403 g/mol. The molecule has 2 amide bonds. The standard InChI is InChI=1S/C21H30N4O2S/c1-14-9-8-10-18(15(14)2)25(16(3)26)20-22-17(13-28-20)11-24(7)12-19(27)23-21(4,5)6/h8-10,13H,11-12H2,1-7H3,(H,23,27)/p+1. The molecule has 0 bridgehead atoms. The van der Waals surface area contributed by atoms with E-state index in [0.29, 0.717) is 18.2 Å². The van der Waals surface area contributed by atoms with Crippen LogP contribution in [0.5, 0.6) is 0 Å². The first kappa shape index (κ1) is 22.0. The van der Waals surface area contributed by atoms with Crippen LogP contribution in [-0.4, -0.2) is 35.9 Å². The molecular weight excluding hydrogens is 372 g/mol. The van der Waals surface area contributed by atoms with E-state index in [1.807, 2.05) is 65.2 Å². The number of quaternary nitrogens is 1. The summed E-state index contributed by atoms with van der Waals surface area (Å²) in [5.74, 6) is -0.0546. The number of nitrogens with zero attached hydrogens (tertiary/aromatic N) is 2. The first-order chi connectivity index (χ1) is 13.0. The number of carbonyl (C=O) groups is 2. The number of nitrogens with one attached hydrogen (secondary N) is 2. The maximum Gasteiger partial charge on any atom is 0.275 e. The van der Waals surface area contributed by atoms with E-state index in [0.717, 1.165) is 27.4 Å². The lowest BCUT2D eigenvalue weighted by atomic mass is 10.1. The second kappa shape index (κ2) is 8.84. The fourth-order valence-electron chi connectivity index (χ4n) is 2.97. The van der Waals surface area contributed by atoms with E-state index in [9.17, 15) is 9.59 Å². The molecule has 0 fully saturated rings. The molecule has 0 saturated heterocycles. The van der Waals surface area contributed by atoms with Crippen molar-refractivity contribution in [3.63, 3.8) is 0 Å². The van der Waals surface area contributed by atoms with E-state index in [2.05, 4.69) is 10.3 Å². The average Bonchev–Trinajstić information content (AvgIpc) is 2.97. The number of benzene rings is 1. The first-order valence-corrected chi connectivity index (χ1v) is 10.3. The minimum atomic E-state index is -0.237. The zero-order valence-electron chi connectivity index (χ0n) is 17.8. The number of rotatable bonds is 6. The Balaban J connectivity index is 2.14. The van der Waals surface area contributed by atoms with Crippen LogP contribution in [0.2, 0.25) is 0 Å². The zero-order chi connectivity index (χ0) is 21.1. The minimum Gasteiger partial charge on any atom is -0.347 e. The molecule has 1 unspecified atom stereocenters.